The third-order valence-electron chi connectivity index (χ3n) is 3.35. The van der Waals surface area contributed by atoms with Crippen LogP contribution in [0.2, 0.25) is 0 Å². The van der Waals surface area contributed by atoms with Crippen molar-refractivity contribution in [3.8, 4) is 0 Å². The largest absolute Gasteiger partial charge is 0.432 e. The van der Waals surface area contributed by atoms with E-state index in [0.717, 1.165) is 37.7 Å². The molecular formula is C14H21N5O. The molecule has 0 radical (unpaired) electrons. The minimum absolute atomic E-state index is 0.0784. The zero-order valence-electron chi connectivity index (χ0n) is 12.3. The molecule has 0 amide bonds. The van der Waals surface area contributed by atoms with Crippen molar-refractivity contribution in [3.63, 3.8) is 0 Å². The van der Waals surface area contributed by atoms with Crippen molar-refractivity contribution in [2.24, 2.45) is 0 Å². The minimum atomic E-state index is 0.0784. The quantitative estimate of drug-likeness (QED) is 0.925. The van der Waals surface area contributed by atoms with Gasteiger partial charge in [-0.1, -0.05) is 0 Å². The molecule has 0 bridgehead atoms. The zero-order valence-corrected chi connectivity index (χ0v) is 12.3. The first-order valence-electron chi connectivity index (χ1n) is 6.96. The number of nitrogens with one attached hydrogen (secondary N) is 1. The lowest BCUT2D eigenvalue weighted by Gasteiger charge is -2.26. The molecule has 6 heteroatoms. The van der Waals surface area contributed by atoms with E-state index in [1.807, 2.05) is 12.4 Å². The predicted octanol–water partition coefficient (Wildman–Crippen LogP) is 1.78. The summed E-state index contributed by atoms with van der Waals surface area (Å²) < 4.78 is 7.77. The lowest BCUT2D eigenvalue weighted by molar-refractivity contribution is 0.420. The number of oxazole rings is 1. The summed E-state index contributed by atoms with van der Waals surface area (Å²) in [6.45, 7) is 9.70. The third kappa shape index (κ3) is 2.85. The van der Waals surface area contributed by atoms with E-state index in [-0.39, 0.29) is 5.54 Å². The first-order chi connectivity index (χ1) is 9.51. The Morgan fingerprint density at radius 3 is 3.00 bits per heavy atom. The summed E-state index contributed by atoms with van der Waals surface area (Å²) in [5.74, 6) is 1.06. The van der Waals surface area contributed by atoms with Gasteiger partial charge in [-0.2, -0.15) is 4.98 Å². The summed E-state index contributed by atoms with van der Waals surface area (Å²) in [5, 5.41) is 3.41. The van der Waals surface area contributed by atoms with Crippen LogP contribution >= 0.6 is 0 Å². The van der Waals surface area contributed by atoms with Crippen molar-refractivity contribution >= 4 is 6.01 Å². The Morgan fingerprint density at radius 1 is 1.35 bits per heavy atom. The van der Waals surface area contributed by atoms with E-state index in [9.17, 15) is 0 Å². The molecule has 1 aliphatic rings. The van der Waals surface area contributed by atoms with Crippen molar-refractivity contribution in [1.29, 1.82) is 0 Å². The second-order valence-electron chi connectivity index (χ2n) is 6.18. The number of hydrogen-bond acceptors (Lipinski definition) is 5. The van der Waals surface area contributed by atoms with Crippen molar-refractivity contribution in [2.75, 3.05) is 11.4 Å². The molecule has 108 valence electrons. The Kier molecular flexibility index (Phi) is 3.25. The fraction of sp³-hybridized carbons (Fsp3) is 0.571. The molecule has 2 aromatic rings. The predicted molar refractivity (Wildman–Crippen MR) is 76.4 cm³/mol. The smallest absolute Gasteiger partial charge is 0.297 e. The van der Waals surface area contributed by atoms with Gasteiger partial charge in [-0.15, -0.1) is 0 Å². The first kappa shape index (κ1) is 13.2. The highest BCUT2D eigenvalue weighted by Gasteiger charge is 2.21. The maximum atomic E-state index is 5.60. The first-order valence-corrected chi connectivity index (χ1v) is 6.96. The summed E-state index contributed by atoms with van der Waals surface area (Å²) in [7, 11) is 0. The lowest BCUT2D eigenvalue weighted by atomic mass is 10.1. The Labute approximate surface area is 118 Å². The molecule has 0 aromatic carbocycles. The van der Waals surface area contributed by atoms with E-state index >= 15 is 0 Å². The van der Waals surface area contributed by atoms with Gasteiger partial charge in [-0.05, 0) is 20.8 Å². The molecule has 3 heterocycles. The van der Waals surface area contributed by atoms with Crippen molar-refractivity contribution in [2.45, 2.75) is 45.9 Å². The van der Waals surface area contributed by atoms with Crippen LogP contribution in [-0.2, 0) is 19.6 Å². The highest BCUT2D eigenvalue weighted by Crippen LogP contribution is 2.19. The molecule has 1 aliphatic heterocycles. The summed E-state index contributed by atoms with van der Waals surface area (Å²) in [4.78, 5) is 11.0. The van der Waals surface area contributed by atoms with Gasteiger partial charge in [-0.25, -0.2) is 4.98 Å². The van der Waals surface area contributed by atoms with Gasteiger partial charge in [0, 0.05) is 37.6 Å². The van der Waals surface area contributed by atoms with E-state index in [2.05, 4.69) is 45.5 Å². The SMILES string of the molecule is CC(C)(C)NCc1coc(N2CCn3ccnc3C2)n1. The molecule has 0 saturated carbocycles. The van der Waals surface area contributed by atoms with Gasteiger partial charge in [0.1, 0.15) is 12.1 Å². The highest BCUT2D eigenvalue weighted by atomic mass is 16.4. The standard InChI is InChI=1S/C14H21N5O/c1-14(2,3)16-8-11-10-20-13(17-11)19-7-6-18-5-4-15-12(18)9-19/h4-5,10,16H,6-9H2,1-3H3. The molecule has 0 atom stereocenters. The Morgan fingerprint density at radius 2 is 2.20 bits per heavy atom. The van der Waals surface area contributed by atoms with Crippen LogP contribution in [-0.4, -0.2) is 26.6 Å². The molecular weight excluding hydrogens is 254 g/mol. The van der Waals surface area contributed by atoms with Crippen LogP contribution in [0.1, 0.15) is 32.3 Å². The number of anilines is 1. The fourth-order valence-corrected chi connectivity index (χ4v) is 2.22. The van der Waals surface area contributed by atoms with Gasteiger partial charge < -0.3 is 19.2 Å². The lowest BCUT2D eigenvalue weighted by Crippen LogP contribution is -2.35. The number of hydrogen-bond donors (Lipinski definition) is 1. The number of imidazole rings is 1. The second-order valence-corrected chi connectivity index (χ2v) is 6.18. The highest BCUT2D eigenvalue weighted by molar-refractivity contribution is 5.29. The van der Waals surface area contributed by atoms with Crippen LogP contribution < -0.4 is 10.2 Å². The van der Waals surface area contributed by atoms with Crippen molar-refractivity contribution in [3.05, 3.63) is 30.2 Å². The van der Waals surface area contributed by atoms with Crippen molar-refractivity contribution in [1.82, 2.24) is 19.9 Å². The van der Waals surface area contributed by atoms with Gasteiger partial charge in [0.15, 0.2) is 0 Å². The molecule has 0 fully saturated rings. The monoisotopic (exact) mass is 275 g/mol. The summed E-state index contributed by atoms with van der Waals surface area (Å²) in [5.41, 5.74) is 1.01. The number of rotatable bonds is 3. The third-order valence-corrected chi connectivity index (χ3v) is 3.35. The van der Waals surface area contributed by atoms with E-state index < -0.39 is 0 Å². The number of fused-ring (bicyclic) bond motifs is 1. The minimum Gasteiger partial charge on any atom is -0.432 e. The van der Waals surface area contributed by atoms with Crippen molar-refractivity contribution < 1.29 is 4.42 Å². The van der Waals surface area contributed by atoms with Gasteiger partial charge in [0.05, 0.1) is 12.2 Å². The van der Waals surface area contributed by atoms with Crippen LogP contribution in [0.25, 0.3) is 0 Å². The van der Waals surface area contributed by atoms with E-state index in [4.69, 9.17) is 4.42 Å². The number of aromatic nitrogens is 3. The Hall–Kier alpha value is -1.82. The molecule has 2 aromatic heterocycles. The van der Waals surface area contributed by atoms with Gasteiger partial charge in [-0.3, -0.25) is 0 Å². The van der Waals surface area contributed by atoms with Gasteiger partial charge in [0.2, 0.25) is 0 Å². The molecule has 0 aliphatic carbocycles. The van der Waals surface area contributed by atoms with Crippen LogP contribution in [0, 0.1) is 0 Å². The zero-order chi connectivity index (χ0) is 14.2. The Bertz CT molecular complexity index is 580. The molecule has 20 heavy (non-hydrogen) atoms. The van der Waals surface area contributed by atoms with Crippen LogP contribution in [0.5, 0.6) is 0 Å². The summed E-state index contributed by atoms with van der Waals surface area (Å²) in [6.07, 6.45) is 5.59. The summed E-state index contributed by atoms with van der Waals surface area (Å²) in [6, 6.07) is 0.685. The second kappa shape index (κ2) is 4.94. The summed E-state index contributed by atoms with van der Waals surface area (Å²) >= 11 is 0. The number of nitrogens with zero attached hydrogens (tertiary/aromatic N) is 4. The molecule has 0 unspecified atom stereocenters. The fourth-order valence-electron chi connectivity index (χ4n) is 2.22. The molecule has 3 rings (SSSR count). The maximum Gasteiger partial charge on any atom is 0.297 e. The molecule has 6 nitrogen and oxygen atoms in total. The van der Waals surface area contributed by atoms with Crippen LogP contribution in [0.15, 0.2) is 23.1 Å². The average Bonchev–Trinajstić information content (AvgIpc) is 3.03. The molecule has 1 N–H and O–H groups in total. The van der Waals surface area contributed by atoms with Crippen LogP contribution in [0.4, 0.5) is 6.01 Å². The van der Waals surface area contributed by atoms with Gasteiger partial charge in [0.25, 0.3) is 6.01 Å². The van der Waals surface area contributed by atoms with E-state index in [1.54, 1.807) is 6.26 Å². The Balaban J connectivity index is 1.66. The topological polar surface area (TPSA) is 59.1 Å². The van der Waals surface area contributed by atoms with Crippen LogP contribution in [0.3, 0.4) is 0 Å². The molecule has 0 saturated heterocycles. The molecule has 0 spiro atoms. The van der Waals surface area contributed by atoms with E-state index in [0.29, 0.717) is 6.01 Å². The van der Waals surface area contributed by atoms with E-state index in [1.165, 1.54) is 0 Å². The maximum absolute atomic E-state index is 5.60. The van der Waals surface area contributed by atoms with Gasteiger partial charge >= 0.3 is 0 Å². The normalized spacial score (nSPS) is 15.4. The average molecular weight is 275 g/mol.